The number of carbonyl (C=O) groups is 2. The number of aryl methyl sites for hydroxylation is 1. The topological polar surface area (TPSA) is 93.9 Å². The summed E-state index contributed by atoms with van der Waals surface area (Å²) in [7, 11) is 1.58. The average molecular weight is 474 g/mol. The van der Waals surface area contributed by atoms with Crippen LogP contribution in [-0.4, -0.2) is 51.0 Å². The van der Waals surface area contributed by atoms with Gasteiger partial charge in [-0.3, -0.25) is 9.59 Å². The molecule has 5 rings (SSSR count). The first-order valence-electron chi connectivity index (χ1n) is 11.6. The summed E-state index contributed by atoms with van der Waals surface area (Å²) in [6, 6.07) is 11.9. The van der Waals surface area contributed by atoms with E-state index in [1.807, 2.05) is 35.9 Å². The second-order valence-electron chi connectivity index (χ2n) is 8.87. The standard InChI is InChI=1S/C27H27N3O5/c1-17-14-20-15-19(6-9-22(20)35-17)25(31)23-24(18-4-7-21(34-2)8-5-18)30(27(33)26(23)32)12-3-11-29-13-10-28-16-29/h4-10,13,15-17,24,31H,3,11-12,14H2,1-2H3/b25-23-. The third-order valence-electron chi connectivity index (χ3n) is 6.52. The SMILES string of the molecule is COc1ccc(C2/C(=C(/O)c3ccc4c(c3)CC(C)O4)C(=O)C(=O)N2CCCn2ccnc2)cc1. The molecule has 0 bridgehead atoms. The molecule has 8 heteroatoms. The third-order valence-corrected chi connectivity index (χ3v) is 6.52. The Labute approximate surface area is 203 Å². The molecule has 1 saturated heterocycles. The predicted molar refractivity (Wildman–Crippen MR) is 129 cm³/mol. The number of rotatable bonds is 7. The van der Waals surface area contributed by atoms with Crippen molar-refractivity contribution in [3.8, 4) is 11.5 Å². The molecule has 0 aliphatic carbocycles. The normalized spacial score (nSPS) is 20.7. The largest absolute Gasteiger partial charge is 0.507 e. The number of imidazole rings is 1. The van der Waals surface area contributed by atoms with Crippen LogP contribution in [0, 0.1) is 0 Å². The van der Waals surface area contributed by atoms with E-state index in [-0.39, 0.29) is 17.4 Å². The Balaban J connectivity index is 1.53. The third kappa shape index (κ3) is 4.27. The van der Waals surface area contributed by atoms with Crippen LogP contribution in [0.3, 0.4) is 0 Å². The molecule has 8 nitrogen and oxygen atoms in total. The number of benzene rings is 2. The highest BCUT2D eigenvalue weighted by Crippen LogP contribution is 2.41. The first-order chi connectivity index (χ1) is 17.0. The number of aliphatic hydroxyl groups is 1. The molecule has 0 spiro atoms. The highest BCUT2D eigenvalue weighted by molar-refractivity contribution is 6.46. The van der Waals surface area contributed by atoms with E-state index in [4.69, 9.17) is 9.47 Å². The Morgan fingerprint density at radius 2 is 1.97 bits per heavy atom. The minimum absolute atomic E-state index is 0.0581. The summed E-state index contributed by atoms with van der Waals surface area (Å²) >= 11 is 0. The smallest absolute Gasteiger partial charge is 0.295 e. The summed E-state index contributed by atoms with van der Waals surface area (Å²) in [6.07, 6.45) is 6.68. The van der Waals surface area contributed by atoms with E-state index >= 15 is 0 Å². The molecule has 3 aromatic rings. The number of hydrogen-bond acceptors (Lipinski definition) is 6. The number of hydrogen-bond donors (Lipinski definition) is 1. The van der Waals surface area contributed by atoms with E-state index in [1.165, 1.54) is 0 Å². The highest BCUT2D eigenvalue weighted by Gasteiger charge is 2.45. The van der Waals surface area contributed by atoms with E-state index in [9.17, 15) is 14.7 Å². The van der Waals surface area contributed by atoms with Gasteiger partial charge in [-0.25, -0.2) is 4.98 Å². The molecule has 1 N–H and O–H groups in total. The minimum Gasteiger partial charge on any atom is -0.507 e. The molecule has 35 heavy (non-hydrogen) atoms. The van der Waals surface area contributed by atoms with E-state index in [0.717, 1.165) is 23.3 Å². The molecule has 2 aliphatic heterocycles. The van der Waals surface area contributed by atoms with Crippen molar-refractivity contribution in [1.29, 1.82) is 0 Å². The molecule has 2 aliphatic rings. The Hall–Kier alpha value is -4.07. The van der Waals surface area contributed by atoms with Gasteiger partial charge in [0.05, 0.1) is 25.1 Å². The lowest BCUT2D eigenvalue weighted by molar-refractivity contribution is -0.139. The van der Waals surface area contributed by atoms with Gasteiger partial charge in [0.2, 0.25) is 0 Å². The summed E-state index contributed by atoms with van der Waals surface area (Å²) in [6.45, 7) is 2.99. The van der Waals surface area contributed by atoms with Crippen LogP contribution in [0.4, 0.5) is 0 Å². The van der Waals surface area contributed by atoms with Gasteiger partial charge in [-0.1, -0.05) is 12.1 Å². The van der Waals surface area contributed by atoms with Gasteiger partial charge in [-0.05, 0) is 54.8 Å². The van der Waals surface area contributed by atoms with Gasteiger partial charge in [0, 0.05) is 37.5 Å². The van der Waals surface area contributed by atoms with Crippen molar-refractivity contribution in [2.75, 3.05) is 13.7 Å². The number of amides is 1. The maximum atomic E-state index is 13.2. The van der Waals surface area contributed by atoms with Crippen molar-refractivity contribution in [2.24, 2.45) is 0 Å². The number of likely N-dealkylation sites (tertiary alicyclic amines) is 1. The number of nitrogens with zero attached hydrogens (tertiary/aromatic N) is 3. The van der Waals surface area contributed by atoms with Crippen molar-refractivity contribution >= 4 is 17.4 Å². The molecular formula is C27H27N3O5. The first-order valence-corrected chi connectivity index (χ1v) is 11.6. The number of fused-ring (bicyclic) bond motifs is 1. The molecule has 3 heterocycles. The number of Topliss-reactive ketones (excluding diaryl/α,β-unsaturated/α-hetero) is 1. The lowest BCUT2D eigenvalue weighted by atomic mass is 9.94. The van der Waals surface area contributed by atoms with Crippen LogP contribution in [-0.2, 0) is 22.6 Å². The number of aromatic nitrogens is 2. The van der Waals surface area contributed by atoms with Gasteiger partial charge in [-0.15, -0.1) is 0 Å². The zero-order chi connectivity index (χ0) is 24.5. The number of aliphatic hydroxyl groups excluding tert-OH is 1. The molecular weight excluding hydrogens is 446 g/mol. The predicted octanol–water partition coefficient (Wildman–Crippen LogP) is 3.73. The molecule has 1 aromatic heterocycles. The van der Waals surface area contributed by atoms with Crippen molar-refractivity contribution in [3.05, 3.63) is 83.4 Å². The minimum atomic E-state index is -0.702. The van der Waals surface area contributed by atoms with Gasteiger partial charge < -0.3 is 24.0 Å². The van der Waals surface area contributed by atoms with Crippen molar-refractivity contribution < 1.29 is 24.2 Å². The Kier molecular flexibility index (Phi) is 6.03. The molecule has 1 fully saturated rings. The molecule has 0 saturated carbocycles. The number of carbonyl (C=O) groups excluding carboxylic acids is 2. The van der Waals surface area contributed by atoms with Crippen molar-refractivity contribution in [1.82, 2.24) is 14.5 Å². The zero-order valence-corrected chi connectivity index (χ0v) is 19.7. The van der Waals surface area contributed by atoms with Crippen LogP contribution < -0.4 is 9.47 Å². The van der Waals surface area contributed by atoms with Gasteiger partial charge in [0.1, 0.15) is 23.4 Å². The highest BCUT2D eigenvalue weighted by atomic mass is 16.5. The van der Waals surface area contributed by atoms with Crippen LogP contribution >= 0.6 is 0 Å². The second-order valence-corrected chi connectivity index (χ2v) is 8.87. The summed E-state index contributed by atoms with van der Waals surface area (Å²) in [5.74, 6) is -0.0323. The quantitative estimate of drug-likeness (QED) is 0.319. The zero-order valence-electron chi connectivity index (χ0n) is 19.7. The molecule has 1 amide bonds. The van der Waals surface area contributed by atoms with Crippen LogP contribution in [0.15, 0.2) is 66.8 Å². The van der Waals surface area contributed by atoms with Crippen LogP contribution in [0.5, 0.6) is 11.5 Å². The maximum absolute atomic E-state index is 13.2. The fraction of sp³-hybridized carbons (Fsp3) is 0.296. The summed E-state index contributed by atoms with van der Waals surface area (Å²) in [5, 5.41) is 11.3. The fourth-order valence-electron chi connectivity index (χ4n) is 4.81. The molecule has 2 aromatic carbocycles. The van der Waals surface area contributed by atoms with Crippen LogP contribution in [0.25, 0.3) is 5.76 Å². The molecule has 2 atom stereocenters. The van der Waals surface area contributed by atoms with Gasteiger partial charge in [0.15, 0.2) is 0 Å². The number of ether oxygens (including phenoxy) is 2. The monoisotopic (exact) mass is 473 g/mol. The average Bonchev–Trinajstić information content (AvgIpc) is 3.57. The van der Waals surface area contributed by atoms with E-state index in [2.05, 4.69) is 4.98 Å². The fourth-order valence-corrected chi connectivity index (χ4v) is 4.81. The Bertz CT molecular complexity index is 1280. The molecule has 2 unspecified atom stereocenters. The summed E-state index contributed by atoms with van der Waals surface area (Å²) in [5.41, 5.74) is 2.29. The summed E-state index contributed by atoms with van der Waals surface area (Å²) in [4.78, 5) is 32.0. The lowest BCUT2D eigenvalue weighted by Crippen LogP contribution is -2.31. The van der Waals surface area contributed by atoms with Crippen molar-refractivity contribution in [2.45, 2.75) is 38.5 Å². The number of methoxy groups -OCH3 is 1. The van der Waals surface area contributed by atoms with Gasteiger partial charge in [0.25, 0.3) is 11.7 Å². The Morgan fingerprint density at radius 1 is 1.17 bits per heavy atom. The van der Waals surface area contributed by atoms with Gasteiger partial charge in [-0.2, -0.15) is 0 Å². The van der Waals surface area contributed by atoms with E-state index < -0.39 is 17.7 Å². The van der Waals surface area contributed by atoms with Crippen molar-refractivity contribution in [3.63, 3.8) is 0 Å². The lowest BCUT2D eigenvalue weighted by Gasteiger charge is -2.25. The summed E-state index contributed by atoms with van der Waals surface area (Å²) < 4.78 is 13.0. The van der Waals surface area contributed by atoms with Crippen LogP contribution in [0.2, 0.25) is 0 Å². The van der Waals surface area contributed by atoms with E-state index in [1.54, 1.807) is 48.8 Å². The van der Waals surface area contributed by atoms with Gasteiger partial charge >= 0.3 is 0 Å². The number of ketones is 1. The maximum Gasteiger partial charge on any atom is 0.295 e. The Morgan fingerprint density at radius 3 is 2.69 bits per heavy atom. The first kappa shape index (κ1) is 22.7. The molecule has 180 valence electrons. The second kappa shape index (κ2) is 9.29. The molecule has 0 radical (unpaired) electrons. The van der Waals surface area contributed by atoms with Crippen LogP contribution in [0.1, 0.15) is 36.1 Å². The van der Waals surface area contributed by atoms with E-state index in [0.29, 0.717) is 30.8 Å².